The van der Waals surface area contributed by atoms with Gasteiger partial charge in [0.25, 0.3) is 0 Å². The highest BCUT2D eigenvalue weighted by Gasteiger charge is 2.46. The first-order valence-corrected chi connectivity index (χ1v) is 10.0. The standard InChI is InChI=1S/C22H34O4/c1-5-9-10-11-14-17-25-20(23)22(7-3,8-4)21(24)26-19-16-13-12-15-18(19)6-2/h12-13,15-16H,5-11,14,17H2,1-4H3. The molecule has 0 unspecified atom stereocenters. The fourth-order valence-electron chi connectivity index (χ4n) is 3.01. The second-order valence-electron chi connectivity index (χ2n) is 6.69. The van der Waals surface area contributed by atoms with Crippen LogP contribution in [0.15, 0.2) is 24.3 Å². The lowest BCUT2D eigenvalue weighted by Crippen LogP contribution is -2.42. The molecule has 4 nitrogen and oxygen atoms in total. The summed E-state index contributed by atoms with van der Waals surface area (Å²) in [7, 11) is 0. The summed E-state index contributed by atoms with van der Waals surface area (Å²) in [5.41, 5.74) is -0.282. The summed E-state index contributed by atoms with van der Waals surface area (Å²) in [5.74, 6) is -0.449. The van der Waals surface area contributed by atoms with Crippen LogP contribution in [-0.2, 0) is 20.7 Å². The highest BCUT2D eigenvalue weighted by atomic mass is 16.6. The molecule has 0 saturated heterocycles. The highest BCUT2D eigenvalue weighted by molar-refractivity contribution is 6.00. The molecule has 0 radical (unpaired) electrons. The molecular weight excluding hydrogens is 328 g/mol. The number of benzene rings is 1. The van der Waals surface area contributed by atoms with Crippen molar-refractivity contribution in [3.05, 3.63) is 29.8 Å². The van der Waals surface area contributed by atoms with E-state index in [0.29, 0.717) is 25.2 Å². The van der Waals surface area contributed by atoms with Gasteiger partial charge in [0.05, 0.1) is 6.61 Å². The molecule has 1 rings (SSSR count). The summed E-state index contributed by atoms with van der Waals surface area (Å²) in [6.07, 6.45) is 6.90. The maximum Gasteiger partial charge on any atom is 0.328 e. The SMILES string of the molecule is CCCCCCCOC(=O)C(CC)(CC)C(=O)Oc1ccccc1CC. The third-order valence-corrected chi connectivity index (χ3v) is 5.03. The van der Waals surface area contributed by atoms with Gasteiger partial charge in [-0.05, 0) is 37.3 Å². The van der Waals surface area contributed by atoms with Gasteiger partial charge in [0, 0.05) is 0 Å². The number of ether oxygens (including phenoxy) is 2. The molecule has 0 spiro atoms. The van der Waals surface area contributed by atoms with Crippen molar-refractivity contribution in [2.75, 3.05) is 6.61 Å². The van der Waals surface area contributed by atoms with E-state index in [-0.39, 0.29) is 0 Å². The Labute approximate surface area is 158 Å². The Morgan fingerprint density at radius 3 is 2.15 bits per heavy atom. The van der Waals surface area contributed by atoms with Gasteiger partial charge in [-0.25, -0.2) is 0 Å². The Morgan fingerprint density at radius 2 is 1.54 bits per heavy atom. The average Bonchev–Trinajstić information content (AvgIpc) is 2.66. The number of carbonyl (C=O) groups excluding carboxylic acids is 2. The molecule has 0 atom stereocenters. The molecule has 0 N–H and O–H groups in total. The lowest BCUT2D eigenvalue weighted by atomic mass is 9.82. The molecule has 1 aromatic rings. The quantitative estimate of drug-likeness (QED) is 0.214. The van der Waals surface area contributed by atoms with Crippen molar-refractivity contribution < 1.29 is 19.1 Å². The third kappa shape index (κ3) is 5.86. The van der Waals surface area contributed by atoms with Crippen molar-refractivity contribution in [3.63, 3.8) is 0 Å². The normalized spacial score (nSPS) is 11.2. The Morgan fingerprint density at radius 1 is 0.885 bits per heavy atom. The third-order valence-electron chi connectivity index (χ3n) is 5.03. The first-order valence-electron chi connectivity index (χ1n) is 10.0. The lowest BCUT2D eigenvalue weighted by Gasteiger charge is -2.27. The van der Waals surface area contributed by atoms with Crippen molar-refractivity contribution >= 4 is 11.9 Å². The zero-order valence-corrected chi connectivity index (χ0v) is 16.8. The molecule has 1 aromatic carbocycles. The van der Waals surface area contributed by atoms with E-state index in [2.05, 4.69) is 6.92 Å². The largest absolute Gasteiger partial charge is 0.465 e. The Bertz CT molecular complexity index is 561. The van der Waals surface area contributed by atoms with E-state index in [4.69, 9.17) is 9.47 Å². The smallest absolute Gasteiger partial charge is 0.328 e. The van der Waals surface area contributed by atoms with E-state index < -0.39 is 17.4 Å². The molecule has 0 aliphatic rings. The van der Waals surface area contributed by atoms with E-state index in [1.54, 1.807) is 6.07 Å². The van der Waals surface area contributed by atoms with E-state index in [0.717, 1.165) is 31.2 Å². The summed E-state index contributed by atoms with van der Waals surface area (Å²) < 4.78 is 11.1. The van der Waals surface area contributed by atoms with Crippen LogP contribution in [0.3, 0.4) is 0 Å². The van der Waals surface area contributed by atoms with E-state index in [1.165, 1.54) is 12.8 Å². The van der Waals surface area contributed by atoms with Gasteiger partial charge >= 0.3 is 11.9 Å². The van der Waals surface area contributed by atoms with Gasteiger partial charge in [0.1, 0.15) is 5.75 Å². The summed E-state index contributed by atoms with van der Waals surface area (Å²) >= 11 is 0. The van der Waals surface area contributed by atoms with Crippen molar-refractivity contribution in [1.29, 1.82) is 0 Å². The second kappa shape index (κ2) is 11.7. The Hall–Kier alpha value is -1.84. The van der Waals surface area contributed by atoms with Gasteiger partial charge in [-0.3, -0.25) is 9.59 Å². The van der Waals surface area contributed by atoms with Crippen LogP contribution in [-0.4, -0.2) is 18.5 Å². The number of rotatable bonds is 12. The predicted octanol–water partition coefficient (Wildman–Crippen LogP) is 5.47. The van der Waals surface area contributed by atoms with E-state index >= 15 is 0 Å². The van der Waals surface area contributed by atoms with E-state index in [1.807, 2.05) is 39.0 Å². The molecule has 4 heteroatoms. The molecular formula is C22H34O4. The number of carbonyl (C=O) groups is 2. The maximum absolute atomic E-state index is 12.9. The van der Waals surface area contributed by atoms with Crippen LogP contribution in [0.25, 0.3) is 0 Å². The number of hydrogen-bond acceptors (Lipinski definition) is 4. The van der Waals surface area contributed by atoms with Crippen molar-refractivity contribution in [3.8, 4) is 5.75 Å². The monoisotopic (exact) mass is 362 g/mol. The van der Waals surface area contributed by atoms with Gasteiger partial charge < -0.3 is 9.47 Å². The molecule has 0 aliphatic heterocycles. The zero-order chi connectivity index (χ0) is 19.4. The lowest BCUT2D eigenvalue weighted by molar-refractivity contribution is -0.168. The molecule has 0 bridgehead atoms. The first kappa shape index (κ1) is 22.2. The van der Waals surface area contributed by atoms with Crippen LogP contribution >= 0.6 is 0 Å². The average molecular weight is 363 g/mol. The molecule has 146 valence electrons. The molecule has 0 heterocycles. The minimum atomic E-state index is -1.23. The number of para-hydroxylation sites is 1. The van der Waals surface area contributed by atoms with Gasteiger partial charge in [-0.1, -0.05) is 71.6 Å². The molecule has 0 saturated carbocycles. The van der Waals surface area contributed by atoms with Crippen LogP contribution in [0, 0.1) is 5.41 Å². The molecule has 0 aromatic heterocycles. The minimum Gasteiger partial charge on any atom is -0.465 e. The summed E-state index contributed by atoms with van der Waals surface area (Å²) in [6.45, 7) is 8.20. The fourth-order valence-corrected chi connectivity index (χ4v) is 3.01. The van der Waals surface area contributed by atoms with Crippen LogP contribution in [0.4, 0.5) is 0 Å². The highest BCUT2D eigenvalue weighted by Crippen LogP contribution is 2.32. The summed E-state index contributed by atoms with van der Waals surface area (Å²) in [6, 6.07) is 7.44. The second-order valence-corrected chi connectivity index (χ2v) is 6.69. The van der Waals surface area contributed by atoms with Gasteiger partial charge in [-0.2, -0.15) is 0 Å². The molecule has 0 fully saturated rings. The van der Waals surface area contributed by atoms with Gasteiger partial charge in [0.15, 0.2) is 5.41 Å². The minimum absolute atomic E-state index is 0.364. The van der Waals surface area contributed by atoms with Gasteiger partial charge in [0.2, 0.25) is 0 Å². The maximum atomic E-state index is 12.9. The Balaban J connectivity index is 2.74. The van der Waals surface area contributed by atoms with Crippen LogP contribution < -0.4 is 4.74 Å². The molecule has 0 aliphatic carbocycles. The topological polar surface area (TPSA) is 52.6 Å². The van der Waals surface area contributed by atoms with Crippen molar-refractivity contribution in [1.82, 2.24) is 0 Å². The predicted molar refractivity (Wildman–Crippen MR) is 104 cm³/mol. The molecule has 26 heavy (non-hydrogen) atoms. The number of aryl methyl sites for hydroxylation is 1. The summed E-state index contributed by atoms with van der Waals surface area (Å²) in [4.78, 5) is 25.5. The van der Waals surface area contributed by atoms with Crippen LogP contribution in [0.2, 0.25) is 0 Å². The van der Waals surface area contributed by atoms with Gasteiger partial charge in [-0.15, -0.1) is 0 Å². The number of esters is 2. The van der Waals surface area contributed by atoms with Crippen molar-refractivity contribution in [2.45, 2.75) is 79.1 Å². The zero-order valence-electron chi connectivity index (χ0n) is 16.8. The van der Waals surface area contributed by atoms with Crippen LogP contribution in [0.5, 0.6) is 5.75 Å². The van der Waals surface area contributed by atoms with Crippen LogP contribution in [0.1, 0.15) is 78.2 Å². The van der Waals surface area contributed by atoms with E-state index in [9.17, 15) is 9.59 Å². The summed E-state index contributed by atoms with van der Waals surface area (Å²) in [5, 5.41) is 0. The molecule has 0 amide bonds. The fraction of sp³-hybridized carbons (Fsp3) is 0.636. The Kier molecular flexibility index (Phi) is 10.0. The number of unbranched alkanes of at least 4 members (excludes halogenated alkanes) is 4. The number of hydrogen-bond donors (Lipinski definition) is 0. The first-order chi connectivity index (χ1) is 12.6. The van der Waals surface area contributed by atoms with Crippen molar-refractivity contribution in [2.24, 2.45) is 5.41 Å².